The van der Waals surface area contributed by atoms with Crippen LogP contribution in [0, 0.1) is 57.0 Å². The van der Waals surface area contributed by atoms with Crippen molar-refractivity contribution < 1.29 is 55.9 Å². The molecule has 6 atom stereocenters. The van der Waals surface area contributed by atoms with Gasteiger partial charge in [0.1, 0.15) is 5.69 Å². The standard InChI is InChI=1S/C33H20Cl2F5N3O8/c1-51-19-8-5-12(9-18(19)44)21-15-6-7-16-20(29(46)41(28(16)45)13-3-2-4-14(10-13)43(49)50)17(15)11-32(34)30(47)42(31(48)33(21,32)35)27-25(39)23(37)22(36)24(38)26(27)40/h2-6,8-10,16-17,20-21,44H,7,11H2,1H3. The summed E-state index contributed by atoms with van der Waals surface area (Å²) in [5.74, 6) is -23.3. The average Bonchev–Trinajstić information content (AvgIpc) is 3.44. The van der Waals surface area contributed by atoms with Gasteiger partial charge in [-0.05, 0) is 42.5 Å². The number of rotatable bonds is 5. The first-order valence-corrected chi connectivity index (χ1v) is 15.7. The number of non-ortho nitro benzene ring substituents is 1. The second-order valence-electron chi connectivity index (χ2n) is 12.4. The van der Waals surface area contributed by atoms with Crippen LogP contribution in [0.5, 0.6) is 11.5 Å². The Labute approximate surface area is 292 Å². The number of amides is 4. The summed E-state index contributed by atoms with van der Waals surface area (Å²) in [5.41, 5.74) is -2.36. The van der Waals surface area contributed by atoms with Crippen LogP contribution in [0.4, 0.5) is 39.0 Å². The lowest BCUT2D eigenvalue weighted by atomic mass is 9.56. The van der Waals surface area contributed by atoms with E-state index in [1.165, 1.54) is 37.5 Å². The Balaban J connectivity index is 1.42. The summed E-state index contributed by atoms with van der Waals surface area (Å²) in [6, 6.07) is 8.39. The van der Waals surface area contributed by atoms with Crippen molar-refractivity contribution in [3.63, 3.8) is 0 Å². The third-order valence-corrected chi connectivity index (χ3v) is 11.5. The fraction of sp³-hybridized carbons (Fsp3) is 0.273. The van der Waals surface area contributed by atoms with Crippen molar-refractivity contribution in [1.82, 2.24) is 0 Å². The summed E-state index contributed by atoms with van der Waals surface area (Å²) in [4.78, 5) is 62.1. The van der Waals surface area contributed by atoms with Crippen LogP contribution in [-0.2, 0) is 19.2 Å². The van der Waals surface area contributed by atoms with Gasteiger partial charge < -0.3 is 9.84 Å². The number of anilines is 2. The van der Waals surface area contributed by atoms with Crippen molar-refractivity contribution in [3.8, 4) is 11.5 Å². The third kappa shape index (κ3) is 4.41. The number of carbonyl (C=O) groups excluding carboxylic acids is 4. The van der Waals surface area contributed by atoms with E-state index in [9.17, 15) is 47.6 Å². The van der Waals surface area contributed by atoms with Crippen molar-refractivity contribution in [2.45, 2.75) is 28.5 Å². The van der Waals surface area contributed by atoms with E-state index in [2.05, 4.69) is 0 Å². The summed E-state index contributed by atoms with van der Waals surface area (Å²) in [6.07, 6.45) is 0.568. The fourth-order valence-electron chi connectivity index (χ4n) is 7.83. The minimum Gasteiger partial charge on any atom is -0.504 e. The van der Waals surface area contributed by atoms with Gasteiger partial charge in [0.05, 0.1) is 29.6 Å². The number of alkyl halides is 2. The molecule has 7 rings (SSSR count). The molecule has 264 valence electrons. The number of nitro groups is 1. The van der Waals surface area contributed by atoms with Gasteiger partial charge in [-0.3, -0.25) is 29.3 Å². The minimum atomic E-state index is -2.78. The first-order valence-electron chi connectivity index (χ1n) is 15.0. The minimum absolute atomic E-state index is 0.0320. The summed E-state index contributed by atoms with van der Waals surface area (Å²) in [7, 11) is 1.24. The van der Waals surface area contributed by atoms with E-state index in [1.807, 2.05) is 0 Å². The third-order valence-electron chi connectivity index (χ3n) is 10.1. The normalized spacial score (nSPS) is 28.4. The molecule has 4 aliphatic rings. The van der Waals surface area contributed by atoms with Crippen molar-refractivity contribution in [1.29, 1.82) is 0 Å². The van der Waals surface area contributed by atoms with Crippen molar-refractivity contribution in [2.75, 3.05) is 16.9 Å². The number of imide groups is 2. The molecule has 1 N–H and O–H groups in total. The van der Waals surface area contributed by atoms with Crippen LogP contribution >= 0.6 is 23.2 Å². The van der Waals surface area contributed by atoms with Crippen LogP contribution in [0.25, 0.3) is 0 Å². The smallest absolute Gasteiger partial charge is 0.271 e. The number of methoxy groups -OCH3 is 1. The molecule has 2 aliphatic carbocycles. The van der Waals surface area contributed by atoms with E-state index in [1.54, 1.807) is 0 Å². The Kier molecular flexibility index (Phi) is 7.72. The zero-order chi connectivity index (χ0) is 37.1. The molecule has 0 aromatic heterocycles. The molecular weight excluding hydrogens is 732 g/mol. The molecule has 6 unspecified atom stereocenters. The van der Waals surface area contributed by atoms with Crippen LogP contribution in [0.1, 0.15) is 24.3 Å². The number of fused-ring (bicyclic) bond motifs is 4. The van der Waals surface area contributed by atoms with Crippen molar-refractivity contribution >= 4 is 63.9 Å². The van der Waals surface area contributed by atoms with Crippen LogP contribution in [0.15, 0.2) is 54.1 Å². The zero-order valence-corrected chi connectivity index (χ0v) is 27.1. The fourth-order valence-corrected chi connectivity index (χ4v) is 8.76. The second kappa shape index (κ2) is 11.5. The molecule has 2 heterocycles. The van der Waals surface area contributed by atoms with E-state index in [-0.39, 0.29) is 33.9 Å². The molecule has 2 aliphatic heterocycles. The first kappa shape index (κ1) is 34.4. The monoisotopic (exact) mass is 751 g/mol. The Hall–Kier alpha value is -5.09. The van der Waals surface area contributed by atoms with E-state index >= 15 is 8.78 Å². The summed E-state index contributed by atoms with van der Waals surface area (Å²) < 4.78 is 78.3. The van der Waals surface area contributed by atoms with Crippen molar-refractivity contribution in [2.24, 2.45) is 17.8 Å². The van der Waals surface area contributed by atoms with Crippen LogP contribution in [0.3, 0.4) is 0 Å². The number of halogens is 7. The molecule has 3 aromatic carbocycles. The first-order chi connectivity index (χ1) is 24.0. The van der Waals surface area contributed by atoms with Gasteiger partial charge in [0, 0.05) is 18.1 Å². The number of hydrogen-bond donors (Lipinski definition) is 1. The number of benzene rings is 3. The van der Waals surface area contributed by atoms with Crippen LogP contribution in [-0.4, -0.2) is 50.5 Å². The highest BCUT2D eigenvalue weighted by atomic mass is 35.5. The predicted octanol–water partition coefficient (Wildman–Crippen LogP) is 5.77. The quantitative estimate of drug-likeness (QED) is 0.0505. The molecule has 4 amide bonds. The predicted molar refractivity (Wildman–Crippen MR) is 167 cm³/mol. The second-order valence-corrected chi connectivity index (χ2v) is 13.7. The maximum Gasteiger partial charge on any atom is 0.271 e. The highest BCUT2D eigenvalue weighted by Crippen LogP contribution is 2.66. The highest BCUT2D eigenvalue weighted by Gasteiger charge is 2.77. The number of nitrogens with zero attached hydrogens (tertiary/aromatic N) is 3. The van der Waals surface area contributed by atoms with E-state index in [0.717, 1.165) is 23.1 Å². The molecule has 0 spiro atoms. The summed E-state index contributed by atoms with van der Waals surface area (Å²) in [6.45, 7) is 0. The molecule has 2 saturated heterocycles. The Morgan fingerprint density at radius 2 is 1.53 bits per heavy atom. The molecule has 0 bridgehead atoms. The summed E-state index contributed by atoms with van der Waals surface area (Å²) in [5, 5.41) is 22.2. The Morgan fingerprint density at radius 1 is 0.882 bits per heavy atom. The lowest BCUT2D eigenvalue weighted by molar-refractivity contribution is -0.384. The Bertz CT molecular complexity index is 2160. The molecule has 0 radical (unpaired) electrons. The summed E-state index contributed by atoms with van der Waals surface area (Å²) >= 11 is 14.1. The van der Waals surface area contributed by atoms with Crippen LogP contribution < -0.4 is 14.5 Å². The van der Waals surface area contributed by atoms with E-state index < -0.39 is 115 Å². The van der Waals surface area contributed by atoms with Gasteiger partial charge in [-0.1, -0.05) is 23.8 Å². The van der Waals surface area contributed by atoms with Gasteiger partial charge in [-0.15, -0.1) is 23.2 Å². The highest BCUT2D eigenvalue weighted by molar-refractivity contribution is 6.58. The van der Waals surface area contributed by atoms with Gasteiger partial charge in [0.15, 0.2) is 44.5 Å². The van der Waals surface area contributed by atoms with Gasteiger partial charge >= 0.3 is 0 Å². The van der Waals surface area contributed by atoms with E-state index in [4.69, 9.17) is 27.9 Å². The number of phenolic OH excluding ortho intramolecular Hbond substituents is 1. The SMILES string of the molecule is COc1ccc(C2C3=CCC4C(=O)N(c5cccc([N+](=O)[O-])c5)C(=O)C4C3CC3(Cl)C(=O)N(c4c(F)c(F)c(F)c(F)c4F)C(=O)C23Cl)cc1O. The number of nitro benzene ring substituents is 1. The Morgan fingerprint density at radius 3 is 2.14 bits per heavy atom. The number of phenols is 1. The number of aromatic hydroxyl groups is 1. The molecule has 18 heteroatoms. The lowest BCUT2D eigenvalue weighted by Crippen LogP contribution is -2.60. The zero-order valence-electron chi connectivity index (χ0n) is 25.6. The van der Waals surface area contributed by atoms with Gasteiger partial charge in [-0.25, -0.2) is 31.8 Å². The molecule has 11 nitrogen and oxygen atoms in total. The molecule has 51 heavy (non-hydrogen) atoms. The van der Waals surface area contributed by atoms with Gasteiger partial charge in [0.2, 0.25) is 17.6 Å². The number of hydrogen-bond acceptors (Lipinski definition) is 8. The molecule has 1 saturated carbocycles. The van der Waals surface area contributed by atoms with Gasteiger partial charge in [-0.2, -0.15) is 0 Å². The number of allylic oxidation sites excluding steroid dienone is 2. The number of carbonyl (C=O) groups is 4. The van der Waals surface area contributed by atoms with Crippen molar-refractivity contribution in [3.05, 3.63) is 98.9 Å². The maximum atomic E-state index is 15.2. The lowest BCUT2D eigenvalue weighted by Gasteiger charge is -2.50. The molecule has 3 fully saturated rings. The largest absolute Gasteiger partial charge is 0.504 e. The molecule has 3 aromatic rings. The average molecular weight is 752 g/mol. The molecular formula is C33H20Cl2F5N3O8. The van der Waals surface area contributed by atoms with Gasteiger partial charge in [0.25, 0.3) is 17.5 Å². The topological polar surface area (TPSA) is 147 Å². The maximum absolute atomic E-state index is 15.2. The van der Waals surface area contributed by atoms with E-state index in [0.29, 0.717) is 0 Å². The number of ether oxygens (including phenoxy) is 1. The van der Waals surface area contributed by atoms with Crippen LogP contribution in [0.2, 0.25) is 0 Å².